The zero-order valence-corrected chi connectivity index (χ0v) is 32.3. The highest BCUT2D eigenvalue weighted by atomic mass is 32.1. The predicted octanol–water partition coefficient (Wildman–Crippen LogP) is 15.3. The summed E-state index contributed by atoms with van der Waals surface area (Å²) < 4.78 is 10.3. The van der Waals surface area contributed by atoms with Crippen molar-refractivity contribution in [3.8, 4) is 27.3 Å². The number of aromatic nitrogens is 1. The van der Waals surface area contributed by atoms with Gasteiger partial charge >= 0.3 is 0 Å². The van der Waals surface area contributed by atoms with Crippen LogP contribution in [0.4, 0.5) is 17.1 Å². The van der Waals surface area contributed by atoms with E-state index in [1.165, 1.54) is 48.2 Å². The molecule has 3 heterocycles. The molecule has 0 fully saturated rings. The van der Waals surface area contributed by atoms with Gasteiger partial charge in [-0.05, 0) is 118 Å². The normalized spacial score (nSPS) is 13.2. The Labute approximate surface area is 334 Å². The minimum Gasteiger partial charge on any atom is -0.455 e. The highest BCUT2D eigenvalue weighted by molar-refractivity contribution is 7.22. The Balaban J connectivity index is 1.00. The van der Waals surface area contributed by atoms with E-state index in [9.17, 15) is 0 Å². The quantitative estimate of drug-likeness (QED) is 0.175. The van der Waals surface area contributed by atoms with Gasteiger partial charge in [-0.25, -0.2) is 0 Å². The molecule has 0 atom stereocenters. The van der Waals surface area contributed by atoms with Crippen molar-refractivity contribution in [2.24, 2.45) is 0 Å². The fourth-order valence-corrected chi connectivity index (χ4v) is 10.5. The van der Waals surface area contributed by atoms with Crippen LogP contribution in [0.1, 0.15) is 25.0 Å². The van der Waals surface area contributed by atoms with Crippen LogP contribution in [0.3, 0.4) is 0 Å². The van der Waals surface area contributed by atoms with Crippen LogP contribution in [0.2, 0.25) is 0 Å². The van der Waals surface area contributed by atoms with Crippen molar-refractivity contribution in [1.29, 1.82) is 0 Å². The summed E-state index contributed by atoms with van der Waals surface area (Å²) in [5.41, 5.74) is 15.1. The molecule has 3 nitrogen and oxygen atoms in total. The number of benzene rings is 8. The van der Waals surface area contributed by atoms with Crippen molar-refractivity contribution in [1.82, 2.24) is 4.57 Å². The predicted molar refractivity (Wildman–Crippen MR) is 241 cm³/mol. The van der Waals surface area contributed by atoms with Gasteiger partial charge in [-0.2, -0.15) is 0 Å². The van der Waals surface area contributed by atoms with E-state index in [1.54, 1.807) is 0 Å². The fourth-order valence-electron chi connectivity index (χ4n) is 9.44. The van der Waals surface area contributed by atoms with E-state index in [0.29, 0.717) is 0 Å². The molecule has 0 amide bonds. The summed E-state index contributed by atoms with van der Waals surface area (Å²) in [6, 6.07) is 66.4. The first-order valence-corrected chi connectivity index (χ1v) is 20.4. The zero-order valence-electron chi connectivity index (χ0n) is 31.5. The van der Waals surface area contributed by atoms with Gasteiger partial charge < -0.3 is 13.9 Å². The van der Waals surface area contributed by atoms with E-state index in [0.717, 1.165) is 61.1 Å². The van der Waals surface area contributed by atoms with Crippen LogP contribution in [0, 0.1) is 0 Å². The molecule has 0 radical (unpaired) electrons. The van der Waals surface area contributed by atoms with Crippen LogP contribution < -0.4 is 4.90 Å². The first-order chi connectivity index (χ1) is 28.0. The summed E-state index contributed by atoms with van der Waals surface area (Å²) in [6.45, 7) is 4.70. The van der Waals surface area contributed by atoms with E-state index in [1.807, 2.05) is 17.4 Å². The molecule has 3 aromatic heterocycles. The summed E-state index contributed by atoms with van der Waals surface area (Å²) in [4.78, 5) is 3.68. The lowest BCUT2D eigenvalue weighted by atomic mass is 9.82. The monoisotopic (exact) mass is 748 g/mol. The van der Waals surface area contributed by atoms with Crippen molar-refractivity contribution in [3.05, 3.63) is 193 Å². The van der Waals surface area contributed by atoms with Gasteiger partial charge in [0.25, 0.3) is 0 Å². The van der Waals surface area contributed by atoms with Crippen LogP contribution in [0.15, 0.2) is 186 Å². The minimum atomic E-state index is -0.107. The Morgan fingerprint density at radius 3 is 2.05 bits per heavy atom. The van der Waals surface area contributed by atoms with Crippen molar-refractivity contribution in [2.45, 2.75) is 19.3 Å². The number of anilines is 3. The molecule has 1 aliphatic rings. The summed E-state index contributed by atoms with van der Waals surface area (Å²) in [5, 5.41) is 5.90. The number of nitrogens with zero attached hydrogens (tertiary/aromatic N) is 2. The smallest absolute Gasteiger partial charge is 0.145 e. The third-order valence-corrected chi connectivity index (χ3v) is 13.4. The van der Waals surface area contributed by atoms with Crippen molar-refractivity contribution >= 4 is 82.2 Å². The molecule has 0 unspecified atom stereocenters. The maximum atomic E-state index is 6.57. The Morgan fingerprint density at radius 1 is 0.526 bits per heavy atom. The molecule has 8 aromatic carbocycles. The van der Waals surface area contributed by atoms with Crippen molar-refractivity contribution in [2.75, 3.05) is 4.90 Å². The van der Waals surface area contributed by atoms with Crippen LogP contribution in [-0.4, -0.2) is 4.57 Å². The van der Waals surface area contributed by atoms with Crippen LogP contribution in [0.5, 0.6) is 0 Å². The summed E-state index contributed by atoms with van der Waals surface area (Å²) in [6.07, 6.45) is 0. The molecule has 11 aromatic rings. The molecule has 1 aliphatic carbocycles. The van der Waals surface area contributed by atoms with E-state index in [2.05, 4.69) is 199 Å². The fraction of sp³-hybridized carbons (Fsp3) is 0.0566. The van der Waals surface area contributed by atoms with E-state index in [4.69, 9.17) is 4.42 Å². The first kappa shape index (κ1) is 32.4. The summed E-state index contributed by atoms with van der Waals surface area (Å²) in [5.74, 6) is 0. The molecule has 0 spiro atoms. The molecule has 0 saturated carbocycles. The van der Waals surface area contributed by atoms with Gasteiger partial charge in [-0.3, -0.25) is 0 Å². The Morgan fingerprint density at radius 2 is 1.21 bits per heavy atom. The van der Waals surface area contributed by atoms with Gasteiger partial charge in [-0.15, -0.1) is 11.3 Å². The molecule has 0 saturated heterocycles. The molecule has 4 heteroatoms. The van der Waals surface area contributed by atoms with Gasteiger partial charge in [0.2, 0.25) is 0 Å². The van der Waals surface area contributed by atoms with Gasteiger partial charge in [0.15, 0.2) is 0 Å². The number of hydrogen-bond acceptors (Lipinski definition) is 3. The second kappa shape index (κ2) is 12.1. The first-order valence-electron chi connectivity index (χ1n) is 19.6. The molecule has 0 N–H and O–H groups in total. The lowest BCUT2D eigenvalue weighted by molar-refractivity contribution is 0.660. The number of hydrogen-bond donors (Lipinski definition) is 0. The van der Waals surface area contributed by atoms with Gasteiger partial charge in [-0.1, -0.05) is 111 Å². The molecule has 12 rings (SSSR count). The number of fused-ring (bicyclic) bond motifs is 11. The number of rotatable bonds is 5. The maximum absolute atomic E-state index is 6.57. The summed E-state index contributed by atoms with van der Waals surface area (Å²) >= 11 is 1.85. The third-order valence-electron chi connectivity index (χ3n) is 12.2. The lowest BCUT2D eigenvalue weighted by Crippen LogP contribution is -2.16. The second-order valence-electron chi connectivity index (χ2n) is 15.7. The molecule has 0 aliphatic heterocycles. The summed E-state index contributed by atoms with van der Waals surface area (Å²) in [7, 11) is 0. The van der Waals surface area contributed by atoms with Crippen LogP contribution >= 0.6 is 11.3 Å². The second-order valence-corrected chi connectivity index (χ2v) is 16.8. The molecule has 57 heavy (non-hydrogen) atoms. The molecule has 270 valence electrons. The highest BCUT2D eigenvalue weighted by Gasteiger charge is 2.35. The average Bonchev–Trinajstić information content (AvgIpc) is 4.00. The maximum Gasteiger partial charge on any atom is 0.145 e. The minimum absolute atomic E-state index is 0.107. The topological polar surface area (TPSA) is 21.3 Å². The Bertz CT molecular complexity index is 3350. The zero-order chi connectivity index (χ0) is 37.8. The standard InChI is InChI=1S/C53H36N2OS/c1-53(2)44-15-7-4-12-39(44)40-28-27-38(32-45(40)53)54(35-21-19-33(20-22-35)50-31-34-11-3-10-18-49(34)57-50)36-23-25-37(26-24-36)55-46-16-8-5-14-43(46)51-47(55)30-29-42-41-13-6-9-17-48(41)56-52(42)51/h3-32H,1-2H3. The SMILES string of the molecule is CC1(C)c2ccccc2-c2ccc(N(c3ccc(-c4cc5ccccc5s4)cc3)c3ccc(-n4c5ccccc5c5c6oc7ccccc7c6ccc54)cc3)cc21. The van der Waals surface area contributed by atoms with Gasteiger partial charge in [0, 0.05) is 53.9 Å². The largest absolute Gasteiger partial charge is 0.455 e. The average molecular weight is 749 g/mol. The van der Waals surface area contributed by atoms with Gasteiger partial charge in [0.05, 0.1) is 16.4 Å². The Hall–Kier alpha value is -6.88. The number of thiophene rings is 1. The van der Waals surface area contributed by atoms with Crippen LogP contribution in [0.25, 0.3) is 81.1 Å². The highest BCUT2D eigenvalue weighted by Crippen LogP contribution is 2.51. The number of para-hydroxylation sites is 2. The molecular weight excluding hydrogens is 713 g/mol. The third kappa shape index (κ3) is 4.78. The molecular formula is C53H36N2OS. The van der Waals surface area contributed by atoms with Crippen molar-refractivity contribution < 1.29 is 4.42 Å². The van der Waals surface area contributed by atoms with E-state index >= 15 is 0 Å². The lowest BCUT2D eigenvalue weighted by Gasteiger charge is -2.28. The van der Waals surface area contributed by atoms with Gasteiger partial charge in [0.1, 0.15) is 11.2 Å². The van der Waals surface area contributed by atoms with E-state index in [-0.39, 0.29) is 5.41 Å². The number of furan rings is 1. The van der Waals surface area contributed by atoms with E-state index < -0.39 is 0 Å². The van der Waals surface area contributed by atoms with Crippen molar-refractivity contribution in [3.63, 3.8) is 0 Å². The molecule has 0 bridgehead atoms. The Kier molecular flexibility index (Phi) is 6.85. The van der Waals surface area contributed by atoms with Crippen LogP contribution in [-0.2, 0) is 5.41 Å².